The number of hydrogen-bond donors (Lipinski definition) is 1. The van der Waals surface area contributed by atoms with Crippen LogP contribution in [0.5, 0.6) is 11.5 Å². The van der Waals surface area contributed by atoms with E-state index >= 15 is 0 Å². The van der Waals surface area contributed by atoms with E-state index in [2.05, 4.69) is 43.8 Å². The van der Waals surface area contributed by atoms with Gasteiger partial charge in [-0.2, -0.15) is 0 Å². The van der Waals surface area contributed by atoms with Crippen LogP contribution < -0.4 is 9.47 Å². The monoisotopic (exact) mass is 423 g/mol. The summed E-state index contributed by atoms with van der Waals surface area (Å²) in [6.45, 7) is 0.408. The Morgan fingerprint density at radius 3 is 2.72 bits per heavy atom. The minimum Gasteiger partial charge on any atom is -0.496 e. The molecule has 158 valence electrons. The van der Waals surface area contributed by atoms with Crippen LogP contribution in [0.2, 0.25) is 0 Å². The first-order chi connectivity index (χ1) is 15.8. The van der Waals surface area contributed by atoms with E-state index in [1.165, 1.54) is 0 Å². The largest absolute Gasteiger partial charge is 0.496 e. The molecular formula is C25H21N5O2. The fourth-order valence-corrected chi connectivity index (χ4v) is 3.66. The highest BCUT2D eigenvalue weighted by molar-refractivity contribution is 5.78. The number of fused-ring (bicyclic) bond motifs is 1. The van der Waals surface area contributed by atoms with Crippen molar-refractivity contribution >= 4 is 10.9 Å². The summed E-state index contributed by atoms with van der Waals surface area (Å²) in [4.78, 5) is 4.68. The topological polar surface area (TPSA) is 85.8 Å². The van der Waals surface area contributed by atoms with Crippen molar-refractivity contribution in [2.24, 2.45) is 0 Å². The molecule has 0 atom stereocenters. The molecule has 0 fully saturated rings. The van der Waals surface area contributed by atoms with Crippen molar-refractivity contribution in [2.75, 3.05) is 7.11 Å². The number of aromatic amines is 1. The van der Waals surface area contributed by atoms with Gasteiger partial charge < -0.3 is 9.47 Å². The van der Waals surface area contributed by atoms with E-state index in [0.29, 0.717) is 18.9 Å². The van der Waals surface area contributed by atoms with E-state index in [9.17, 15) is 0 Å². The third-order valence-corrected chi connectivity index (χ3v) is 5.24. The van der Waals surface area contributed by atoms with Gasteiger partial charge in [0, 0.05) is 17.4 Å². The second-order valence-electron chi connectivity index (χ2n) is 7.38. The molecule has 0 aliphatic rings. The predicted octanol–water partition coefficient (Wildman–Crippen LogP) is 4.59. The number of nitrogens with zero attached hydrogens (tertiary/aromatic N) is 4. The number of rotatable bonds is 7. The first-order valence-corrected chi connectivity index (χ1v) is 10.3. The molecule has 0 spiro atoms. The van der Waals surface area contributed by atoms with Gasteiger partial charge in [0.05, 0.1) is 18.3 Å². The lowest BCUT2D eigenvalue weighted by Crippen LogP contribution is -1.99. The Hall–Kier alpha value is -4.26. The molecule has 2 aromatic heterocycles. The first-order valence-electron chi connectivity index (χ1n) is 10.3. The standard InChI is InChI=1S/C25H21N5O2/c1-31-24-12-10-19(25-27-29-30-28-25)15-20(24)13-17-5-4-7-22(14-17)32-16-21-11-9-18-6-2-3-8-23(18)26-21/h2-12,14-15H,13,16H2,1H3,(H,27,28,29,30). The maximum atomic E-state index is 6.03. The Balaban J connectivity index is 1.33. The number of para-hydroxylation sites is 1. The van der Waals surface area contributed by atoms with E-state index < -0.39 is 0 Å². The van der Waals surface area contributed by atoms with E-state index in [0.717, 1.165) is 44.8 Å². The van der Waals surface area contributed by atoms with Crippen molar-refractivity contribution < 1.29 is 9.47 Å². The molecule has 1 N–H and O–H groups in total. The van der Waals surface area contributed by atoms with Crippen LogP contribution in [0, 0.1) is 0 Å². The molecule has 32 heavy (non-hydrogen) atoms. The van der Waals surface area contributed by atoms with Crippen LogP contribution in [0.15, 0.2) is 78.9 Å². The lowest BCUT2D eigenvalue weighted by Gasteiger charge is -2.12. The van der Waals surface area contributed by atoms with Crippen LogP contribution in [0.4, 0.5) is 0 Å². The Morgan fingerprint density at radius 2 is 1.84 bits per heavy atom. The summed E-state index contributed by atoms with van der Waals surface area (Å²) in [6, 6.07) is 26.1. The second-order valence-corrected chi connectivity index (χ2v) is 7.38. The van der Waals surface area contributed by atoms with Gasteiger partial charge in [-0.05, 0) is 64.0 Å². The van der Waals surface area contributed by atoms with Crippen molar-refractivity contribution in [2.45, 2.75) is 13.0 Å². The Kier molecular flexibility index (Phi) is 5.45. The number of benzene rings is 3. The Bertz CT molecular complexity index is 1350. The molecule has 0 aliphatic carbocycles. The SMILES string of the molecule is COc1ccc(-c2nnn[nH]2)cc1Cc1cccc(OCc2ccc3ccccc3n2)c1. The average Bonchev–Trinajstić information content (AvgIpc) is 3.38. The van der Waals surface area contributed by atoms with Crippen molar-refractivity contribution in [1.29, 1.82) is 0 Å². The Labute approximate surface area is 185 Å². The molecule has 0 saturated carbocycles. The summed E-state index contributed by atoms with van der Waals surface area (Å²) in [6.07, 6.45) is 0.685. The molecule has 5 rings (SSSR count). The molecule has 0 radical (unpaired) electrons. The summed E-state index contributed by atoms with van der Waals surface area (Å²) in [7, 11) is 1.67. The molecule has 0 aliphatic heterocycles. The molecule has 0 saturated heterocycles. The maximum Gasteiger partial charge on any atom is 0.179 e. The number of H-pyrrole nitrogens is 1. The van der Waals surface area contributed by atoms with Crippen molar-refractivity contribution in [3.05, 3.63) is 95.7 Å². The van der Waals surface area contributed by atoms with E-state index in [4.69, 9.17) is 9.47 Å². The van der Waals surface area contributed by atoms with Gasteiger partial charge in [-0.1, -0.05) is 36.4 Å². The van der Waals surface area contributed by atoms with Crippen LogP contribution in [0.3, 0.4) is 0 Å². The molecule has 0 bridgehead atoms. The van der Waals surface area contributed by atoms with Crippen LogP contribution in [-0.4, -0.2) is 32.7 Å². The molecule has 0 amide bonds. The number of methoxy groups -OCH3 is 1. The number of aromatic nitrogens is 5. The third kappa shape index (κ3) is 4.27. The predicted molar refractivity (Wildman–Crippen MR) is 121 cm³/mol. The van der Waals surface area contributed by atoms with E-state index in [1.54, 1.807) is 7.11 Å². The molecule has 7 nitrogen and oxygen atoms in total. The van der Waals surface area contributed by atoms with Gasteiger partial charge in [0.15, 0.2) is 5.82 Å². The van der Waals surface area contributed by atoms with Gasteiger partial charge in [-0.3, -0.25) is 0 Å². The quantitative estimate of drug-likeness (QED) is 0.412. The normalized spacial score (nSPS) is 10.9. The molecule has 5 aromatic rings. The summed E-state index contributed by atoms with van der Waals surface area (Å²) >= 11 is 0. The minimum absolute atomic E-state index is 0.408. The molecule has 7 heteroatoms. The van der Waals surface area contributed by atoms with Crippen LogP contribution in [0.1, 0.15) is 16.8 Å². The molecule has 0 unspecified atom stereocenters. The van der Waals surface area contributed by atoms with Crippen molar-refractivity contribution in [3.8, 4) is 22.9 Å². The summed E-state index contributed by atoms with van der Waals surface area (Å²) < 4.78 is 11.6. The van der Waals surface area contributed by atoms with E-state index in [1.807, 2.05) is 60.7 Å². The van der Waals surface area contributed by atoms with Crippen LogP contribution in [-0.2, 0) is 13.0 Å². The third-order valence-electron chi connectivity index (χ3n) is 5.24. The van der Waals surface area contributed by atoms with Gasteiger partial charge in [0.25, 0.3) is 0 Å². The lowest BCUT2D eigenvalue weighted by atomic mass is 10.0. The van der Waals surface area contributed by atoms with Crippen molar-refractivity contribution in [3.63, 3.8) is 0 Å². The van der Waals surface area contributed by atoms with Gasteiger partial charge in [0.2, 0.25) is 0 Å². The fourth-order valence-electron chi connectivity index (χ4n) is 3.66. The van der Waals surface area contributed by atoms with Gasteiger partial charge in [-0.15, -0.1) is 5.10 Å². The number of pyridine rings is 1. The maximum absolute atomic E-state index is 6.03. The summed E-state index contributed by atoms with van der Waals surface area (Å²) in [5, 5.41) is 15.2. The van der Waals surface area contributed by atoms with Crippen LogP contribution in [0.25, 0.3) is 22.3 Å². The highest BCUT2D eigenvalue weighted by Crippen LogP contribution is 2.27. The highest BCUT2D eigenvalue weighted by Gasteiger charge is 2.10. The summed E-state index contributed by atoms with van der Waals surface area (Å²) in [5.41, 5.74) is 4.91. The lowest BCUT2D eigenvalue weighted by molar-refractivity contribution is 0.301. The van der Waals surface area contributed by atoms with Crippen LogP contribution >= 0.6 is 0 Å². The zero-order valence-corrected chi connectivity index (χ0v) is 17.5. The molecular weight excluding hydrogens is 402 g/mol. The number of nitrogens with one attached hydrogen (secondary N) is 1. The van der Waals surface area contributed by atoms with Crippen molar-refractivity contribution in [1.82, 2.24) is 25.6 Å². The number of hydrogen-bond acceptors (Lipinski definition) is 6. The zero-order chi connectivity index (χ0) is 21.8. The van der Waals surface area contributed by atoms with E-state index in [-0.39, 0.29) is 0 Å². The molecule has 3 aromatic carbocycles. The second kappa shape index (κ2) is 8.85. The average molecular weight is 423 g/mol. The smallest absolute Gasteiger partial charge is 0.179 e. The zero-order valence-electron chi connectivity index (χ0n) is 17.5. The minimum atomic E-state index is 0.408. The van der Waals surface area contributed by atoms with Gasteiger partial charge in [-0.25, -0.2) is 10.1 Å². The van der Waals surface area contributed by atoms with Gasteiger partial charge in [0.1, 0.15) is 18.1 Å². The number of ether oxygens (including phenoxy) is 2. The first kappa shape index (κ1) is 19.7. The summed E-state index contributed by atoms with van der Waals surface area (Å²) in [5.74, 6) is 2.23. The highest BCUT2D eigenvalue weighted by atomic mass is 16.5. The Morgan fingerprint density at radius 1 is 0.906 bits per heavy atom. The number of tetrazole rings is 1. The molecule has 2 heterocycles. The fraction of sp³-hybridized carbons (Fsp3) is 0.120. The van der Waals surface area contributed by atoms with Gasteiger partial charge >= 0.3 is 0 Å².